The maximum atomic E-state index is 12.0. The Labute approximate surface area is 136 Å². The van der Waals surface area contributed by atoms with Crippen LogP contribution in [0.15, 0.2) is 42.6 Å². The number of aryl methyl sites for hydroxylation is 1. The van der Waals surface area contributed by atoms with Gasteiger partial charge in [0.1, 0.15) is 0 Å². The highest BCUT2D eigenvalue weighted by atomic mass is 16.5. The molecule has 2 N–H and O–H groups in total. The van der Waals surface area contributed by atoms with Crippen LogP contribution in [-0.4, -0.2) is 35.6 Å². The maximum absolute atomic E-state index is 12.0. The number of aromatic nitrogens is 2. The monoisotopic (exact) mass is 316 g/mol. The van der Waals surface area contributed by atoms with Gasteiger partial charge in [-0.05, 0) is 25.3 Å². The van der Waals surface area contributed by atoms with Gasteiger partial charge in [0, 0.05) is 25.4 Å². The second-order valence-electron chi connectivity index (χ2n) is 5.48. The fourth-order valence-electron chi connectivity index (χ4n) is 2.21. The Morgan fingerprint density at radius 1 is 1.30 bits per heavy atom. The van der Waals surface area contributed by atoms with E-state index in [4.69, 9.17) is 4.74 Å². The molecule has 0 radical (unpaired) electrons. The second-order valence-corrected chi connectivity index (χ2v) is 5.48. The summed E-state index contributed by atoms with van der Waals surface area (Å²) >= 11 is 0. The SMILES string of the molecule is COCCn1ccc(NC(=O)NC(C)CCc2ccccc2)n1. The highest BCUT2D eigenvalue weighted by molar-refractivity contribution is 5.88. The predicted molar refractivity (Wildman–Crippen MR) is 90.5 cm³/mol. The molecule has 124 valence electrons. The van der Waals surface area contributed by atoms with Crippen molar-refractivity contribution in [3.8, 4) is 0 Å². The zero-order valence-electron chi connectivity index (χ0n) is 13.7. The van der Waals surface area contributed by atoms with Crippen molar-refractivity contribution in [2.75, 3.05) is 19.0 Å². The van der Waals surface area contributed by atoms with E-state index >= 15 is 0 Å². The number of carbonyl (C=O) groups excluding carboxylic acids is 1. The average molecular weight is 316 g/mol. The summed E-state index contributed by atoms with van der Waals surface area (Å²) < 4.78 is 6.73. The molecule has 6 heteroatoms. The zero-order valence-corrected chi connectivity index (χ0v) is 13.7. The van der Waals surface area contributed by atoms with Crippen molar-refractivity contribution >= 4 is 11.8 Å². The molecule has 1 heterocycles. The van der Waals surface area contributed by atoms with Gasteiger partial charge >= 0.3 is 6.03 Å². The van der Waals surface area contributed by atoms with E-state index in [-0.39, 0.29) is 12.1 Å². The number of carbonyl (C=O) groups is 1. The molecular weight excluding hydrogens is 292 g/mol. The summed E-state index contributed by atoms with van der Waals surface area (Å²) in [6, 6.07) is 11.9. The van der Waals surface area contributed by atoms with E-state index in [1.165, 1.54) is 5.56 Å². The Hall–Kier alpha value is -2.34. The van der Waals surface area contributed by atoms with Crippen molar-refractivity contribution in [3.63, 3.8) is 0 Å². The molecule has 0 aliphatic heterocycles. The summed E-state index contributed by atoms with van der Waals surface area (Å²) in [5.41, 5.74) is 1.28. The standard InChI is InChI=1S/C17H24N4O2/c1-14(8-9-15-6-4-3-5-7-15)18-17(22)19-16-10-11-21(20-16)12-13-23-2/h3-7,10-11,14H,8-9,12-13H2,1-2H3,(H2,18,19,20,22). The highest BCUT2D eigenvalue weighted by Gasteiger charge is 2.09. The molecule has 1 aromatic carbocycles. The van der Waals surface area contributed by atoms with Crippen LogP contribution in [0.3, 0.4) is 0 Å². The van der Waals surface area contributed by atoms with Crippen LogP contribution >= 0.6 is 0 Å². The Balaban J connectivity index is 1.72. The smallest absolute Gasteiger partial charge is 0.320 e. The molecular formula is C17H24N4O2. The van der Waals surface area contributed by atoms with E-state index in [9.17, 15) is 4.79 Å². The van der Waals surface area contributed by atoms with Gasteiger partial charge in [0.05, 0.1) is 13.2 Å². The Morgan fingerprint density at radius 3 is 2.83 bits per heavy atom. The van der Waals surface area contributed by atoms with Gasteiger partial charge in [-0.2, -0.15) is 5.10 Å². The summed E-state index contributed by atoms with van der Waals surface area (Å²) in [6.07, 6.45) is 3.64. The van der Waals surface area contributed by atoms with Crippen LogP contribution in [0.4, 0.5) is 10.6 Å². The number of nitrogens with one attached hydrogen (secondary N) is 2. The van der Waals surface area contributed by atoms with E-state index in [0.29, 0.717) is 19.0 Å². The number of benzene rings is 1. The Kier molecular flexibility index (Phi) is 6.62. The molecule has 0 fully saturated rings. The van der Waals surface area contributed by atoms with Crippen LogP contribution in [0.1, 0.15) is 18.9 Å². The van der Waals surface area contributed by atoms with Crippen LogP contribution < -0.4 is 10.6 Å². The summed E-state index contributed by atoms with van der Waals surface area (Å²) in [4.78, 5) is 12.0. The molecule has 6 nitrogen and oxygen atoms in total. The van der Waals surface area contributed by atoms with E-state index in [1.807, 2.05) is 31.3 Å². The lowest BCUT2D eigenvalue weighted by atomic mass is 10.1. The second kappa shape index (κ2) is 8.95. The zero-order chi connectivity index (χ0) is 16.5. The first-order valence-corrected chi connectivity index (χ1v) is 7.81. The summed E-state index contributed by atoms with van der Waals surface area (Å²) in [7, 11) is 1.65. The van der Waals surface area contributed by atoms with Gasteiger partial charge in [-0.15, -0.1) is 0 Å². The van der Waals surface area contributed by atoms with Gasteiger partial charge < -0.3 is 10.1 Å². The van der Waals surface area contributed by atoms with Crippen molar-refractivity contribution in [3.05, 3.63) is 48.2 Å². The minimum atomic E-state index is -0.234. The van der Waals surface area contributed by atoms with Crippen LogP contribution in [0.25, 0.3) is 0 Å². The molecule has 0 spiro atoms. The Morgan fingerprint density at radius 2 is 2.09 bits per heavy atom. The molecule has 1 atom stereocenters. The number of rotatable bonds is 8. The first kappa shape index (κ1) is 17.0. The highest BCUT2D eigenvalue weighted by Crippen LogP contribution is 2.06. The Bertz CT molecular complexity index is 598. The molecule has 2 amide bonds. The van der Waals surface area contributed by atoms with Crippen molar-refractivity contribution < 1.29 is 9.53 Å². The van der Waals surface area contributed by atoms with Gasteiger partial charge in [-0.3, -0.25) is 10.00 Å². The number of methoxy groups -OCH3 is 1. The molecule has 2 aromatic rings. The number of nitrogens with zero attached hydrogens (tertiary/aromatic N) is 2. The van der Waals surface area contributed by atoms with Crippen molar-refractivity contribution in [1.29, 1.82) is 0 Å². The third-order valence-electron chi connectivity index (χ3n) is 3.49. The molecule has 0 saturated carbocycles. The van der Waals surface area contributed by atoms with Crippen LogP contribution in [0.2, 0.25) is 0 Å². The molecule has 0 saturated heterocycles. The molecule has 0 bridgehead atoms. The van der Waals surface area contributed by atoms with Gasteiger partial charge in [0.25, 0.3) is 0 Å². The summed E-state index contributed by atoms with van der Waals surface area (Å²) in [5.74, 6) is 0.536. The van der Waals surface area contributed by atoms with Gasteiger partial charge in [-0.25, -0.2) is 4.79 Å². The van der Waals surface area contributed by atoms with E-state index in [2.05, 4.69) is 27.9 Å². The number of anilines is 1. The first-order valence-electron chi connectivity index (χ1n) is 7.81. The molecule has 23 heavy (non-hydrogen) atoms. The van der Waals surface area contributed by atoms with Gasteiger partial charge in [0.15, 0.2) is 5.82 Å². The average Bonchev–Trinajstić information content (AvgIpc) is 2.99. The van der Waals surface area contributed by atoms with Gasteiger partial charge in [-0.1, -0.05) is 30.3 Å². The van der Waals surface area contributed by atoms with Crippen molar-refractivity contribution in [1.82, 2.24) is 15.1 Å². The van der Waals surface area contributed by atoms with Crippen molar-refractivity contribution in [2.24, 2.45) is 0 Å². The van der Waals surface area contributed by atoms with Crippen LogP contribution in [0.5, 0.6) is 0 Å². The van der Waals surface area contributed by atoms with Crippen molar-refractivity contribution in [2.45, 2.75) is 32.4 Å². The van der Waals surface area contributed by atoms with E-state index in [1.54, 1.807) is 17.9 Å². The molecule has 2 rings (SSSR count). The number of ether oxygens (including phenoxy) is 1. The minimum Gasteiger partial charge on any atom is -0.383 e. The molecule has 0 aliphatic carbocycles. The quantitative estimate of drug-likeness (QED) is 0.787. The molecule has 1 aromatic heterocycles. The van der Waals surface area contributed by atoms with Crippen LogP contribution in [-0.2, 0) is 17.7 Å². The first-order chi connectivity index (χ1) is 11.2. The predicted octanol–water partition coefficient (Wildman–Crippen LogP) is 2.67. The summed E-state index contributed by atoms with van der Waals surface area (Å²) in [5, 5.41) is 9.93. The fourth-order valence-corrected chi connectivity index (χ4v) is 2.21. The number of hydrogen-bond donors (Lipinski definition) is 2. The third-order valence-corrected chi connectivity index (χ3v) is 3.49. The summed E-state index contributed by atoms with van der Waals surface area (Å²) in [6.45, 7) is 3.25. The lowest BCUT2D eigenvalue weighted by Crippen LogP contribution is -2.36. The number of hydrogen-bond acceptors (Lipinski definition) is 3. The van der Waals surface area contributed by atoms with E-state index in [0.717, 1.165) is 12.8 Å². The molecule has 0 aliphatic rings. The lowest BCUT2D eigenvalue weighted by Gasteiger charge is -2.14. The number of amides is 2. The lowest BCUT2D eigenvalue weighted by molar-refractivity contribution is 0.183. The largest absolute Gasteiger partial charge is 0.383 e. The minimum absolute atomic E-state index is 0.0887. The van der Waals surface area contributed by atoms with Gasteiger partial charge in [0.2, 0.25) is 0 Å². The topological polar surface area (TPSA) is 68.2 Å². The molecule has 1 unspecified atom stereocenters. The van der Waals surface area contributed by atoms with E-state index < -0.39 is 0 Å². The fraction of sp³-hybridized carbons (Fsp3) is 0.412. The maximum Gasteiger partial charge on any atom is 0.320 e. The normalized spacial score (nSPS) is 11.9. The third kappa shape index (κ3) is 6.12. The van der Waals surface area contributed by atoms with Crippen LogP contribution in [0, 0.1) is 0 Å². The number of urea groups is 1.